The summed E-state index contributed by atoms with van der Waals surface area (Å²) < 4.78 is 40.4. The quantitative estimate of drug-likeness (QED) is 0.705. The maximum absolute atomic E-state index is 13.2. The average Bonchev–Trinajstić information content (AvgIpc) is 2.61. The summed E-state index contributed by atoms with van der Waals surface area (Å²) in [4.78, 5) is 20.2. The molecule has 2 heterocycles. The van der Waals surface area contributed by atoms with Gasteiger partial charge in [0.25, 0.3) is 0 Å². The first-order chi connectivity index (χ1) is 12.7. The molecule has 0 fully saturated rings. The highest BCUT2D eigenvalue weighted by molar-refractivity contribution is 6.32. The van der Waals surface area contributed by atoms with Crippen molar-refractivity contribution in [3.8, 4) is 5.69 Å². The number of fused-ring (bicyclic) bond motifs is 1. The summed E-state index contributed by atoms with van der Waals surface area (Å²) in [5.41, 5.74) is -2.08. The molecule has 0 radical (unpaired) electrons. The van der Waals surface area contributed by atoms with Gasteiger partial charge in [-0.1, -0.05) is 23.7 Å². The predicted molar refractivity (Wildman–Crippen MR) is 95.3 cm³/mol. The minimum absolute atomic E-state index is 0.0288. The number of benzene rings is 1. The molecular weight excluding hydrogens is 385 g/mol. The average molecular weight is 399 g/mol. The van der Waals surface area contributed by atoms with Crippen molar-refractivity contribution in [1.82, 2.24) is 14.5 Å². The first kappa shape index (κ1) is 19.1. The second-order valence-electron chi connectivity index (χ2n) is 5.82. The lowest BCUT2D eigenvalue weighted by atomic mass is 10.2. The number of pyridine rings is 1. The minimum Gasteiger partial charge on any atom is -0.394 e. The molecule has 27 heavy (non-hydrogen) atoms. The van der Waals surface area contributed by atoms with Crippen LogP contribution >= 0.6 is 11.6 Å². The van der Waals surface area contributed by atoms with Gasteiger partial charge in [-0.2, -0.15) is 18.2 Å². The SMILES string of the molecule is C[C@@H](CO)Nc1nc(=O)n(-c2ccccc2Cl)c2nc(C(F)(F)F)ccc12. The summed E-state index contributed by atoms with van der Waals surface area (Å²) in [6.07, 6.45) is -4.69. The first-order valence-electron chi connectivity index (χ1n) is 7.85. The van der Waals surface area contributed by atoms with Crippen LogP contribution in [0.25, 0.3) is 16.7 Å². The molecule has 142 valence electrons. The molecule has 3 rings (SSSR count). The van der Waals surface area contributed by atoms with Crippen LogP contribution in [0.5, 0.6) is 0 Å². The zero-order chi connectivity index (χ0) is 19.8. The van der Waals surface area contributed by atoms with Crippen molar-refractivity contribution in [3.63, 3.8) is 0 Å². The van der Waals surface area contributed by atoms with Gasteiger partial charge in [0.15, 0.2) is 5.65 Å². The largest absolute Gasteiger partial charge is 0.433 e. The molecule has 0 aliphatic heterocycles. The van der Waals surface area contributed by atoms with Gasteiger partial charge in [-0.05, 0) is 31.2 Å². The highest BCUT2D eigenvalue weighted by Gasteiger charge is 2.33. The maximum atomic E-state index is 13.2. The van der Waals surface area contributed by atoms with Gasteiger partial charge >= 0.3 is 11.9 Å². The third kappa shape index (κ3) is 3.74. The van der Waals surface area contributed by atoms with Gasteiger partial charge in [0.05, 0.1) is 22.7 Å². The Morgan fingerprint density at radius 3 is 2.56 bits per heavy atom. The van der Waals surface area contributed by atoms with Gasteiger partial charge in [-0.3, -0.25) is 0 Å². The highest BCUT2D eigenvalue weighted by Crippen LogP contribution is 2.31. The Bertz CT molecular complexity index is 1050. The number of aliphatic hydroxyl groups is 1. The van der Waals surface area contributed by atoms with Crippen LogP contribution in [0, 0.1) is 0 Å². The Hall–Kier alpha value is -2.65. The number of aromatic nitrogens is 3. The summed E-state index contributed by atoms with van der Waals surface area (Å²) in [5.74, 6) is 0.0288. The van der Waals surface area contributed by atoms with Crippen LogP contribution < -0.4 is 11.0 Å². The number of halogens is 4. The number of rotatable bonds is 4. The van der Waals surface area contributed by atoms with E-state index in [0.29, 0.717) is 0 Å². The molecular formula is C17H14ClF3N4O2. The van der Waals surface area contributed by atoms with Crippen LogP contribution in [0.3, 0.4) is 0 Å². The van der Waals surface area contributed by atoms with E-state index in [0.717, 1.165) is 10.6 Å². The molecule has 3 aromatic rings. The van der Waals surface area contributed by atoms with Gasteiger partial charge < -0.3 is 10.4 Å². The smallest absolute Gasteiger partial charge is 0.394 e. The molecule has 0 spiro atoms. The van der Waals surface area contributed by atoms with E-state index < -0.39 is 23.6 Å². The molecule has 2 N–H and O–H groups in total. The van der Waals surface area contributed by atoms with Crippen LogP contribution in [0.4, 0.5) is 19.0 Å². The van der Waals surface area contributed by atoms with Crippen molar-refractivity contribution in [2.75, 3.05) is 11.9 Å². The molecule has 0 saturated heterocycles. The third-order valence-electron chi connectivity index (χ3n) is 3.78. The number of hydrogen-bond acceptors (Lipinski definition) is 5. The van der Waals surface area contributed by atoms with Gasteiger partial charge in [0, 0.05) is 6.04 Å². The van der Waals surface area contributed by atoms with Crippen LogP contribution in [0.1, 0.15) is 12.6 Å². The number of para-hydroxylation sites is 1. The number of aliphatic hydroxyl groups excluding tert-OH is 1. The fourth-order valence-corrected chi connectivity index (χ4v) is 2.72. The van der Waals surface area contributed by atoms with Gasteiger partial charge in [-0.25, -0.2) is 14.3 Å². The topological polar surface area (TPSA) is 80.0 Å². The molecule has 0 bridgehead atoms. The standard InChI is InChI=1S/C17H14ClF3N4O2/c1-9(8-26)22-14-10-6-7-13(17(19,20)21)23-15(10)25(16(27)24-14)12-5-3-2-4-11(12)18/h2-7,9,26H,8H2,1H3,(H,22,24,27)/t9-/m0/s1. The van der Waals surface area contributed by atoms with Crippen LogP contribution in [-0.4, -0.2) is 32.3 Å². The summed E-state index contributed by atoms with van der Waals surface area (Å²) in [6.45, 7) is 1.37. The molecule has 0 aliphatic rings. The van der Waals surface area contributed by atoms with E-state index in [2.05, 4.69) is 15.3 Å². The first-order valence-corrected chi connectivity index (χ1v) is 8.23. The number of alkyl halides is 3. The second-order valence-corrected chi connectivity index (χ2v) is 6.23. The molecule has 1 aromatic carbocycles. The van der Waals surface area contributed by atoms with Crippen molar-refractivity contribution in [2.45, 2.75) is 19.1 Å². The number of anilines is 1. The van der Waals surface area contributed by atoms with Gasteiger partial charge in [0.2, 0.25) is 0 Å². The fraction of sp³-hybridized carbons (Fsp3) is 0.235. The van der Waals surface area contributed by atoms with E-state index in [1.54, 1.807) is 19.1 Å². The third-order valence-corrected chi connectivity index (χ3v) is 4.10. The molecule has 0 saturated carbocycles. The minimum atomic E-state index is -4.69. The highest BCUT2D eigenvalue weighted by atomic mass is 35.5. The summed E-state index contributed by atoms with van der Waals surface area (Å²) in [7, 11) is 0. The Balaban J connectivity index is 2.38. The van der Waals surface area contributed by atoms with Crippen molar-refractivity contribution < 1.29 is 18.3 Å². The fourth-order valence-electron chi connectivity index (χ4n) is 2.50. The van der Waals surface area contributed by atoms with Crippen molar-refractivity contribution in [3.05, 3.63) is 57.6 Å². The van der Waals surface area contributed by atoms with E-state index in [1.807, 2.05) is 0 Å². The Morgan fingerprint density at radius 2 is 1.93 bits per heavy atom. The van der Waals surface area contributed by atoms with Crippen LogP contribution in [0.2, 0.25) is 5.02 Å². The second kappa shape index (κ2) is 7.16. The molecule has 0 unspecified atom stereocenters. The normalized spacial score (nSPS) is 13.0. The lowest BCUT2D eigenvalue weighted by Gasteiger charge is -2.17. The zero-order valence-electron chi connectivity index (χ0n) is 14.0. The summed E-state index contributed by atoms with van der Waals surface area (Å²) >= 11 is 6.12. The monoisotopic (exact) mass is 398 g/mol. The van der Waals surface area contributed by atoms with E-state index >= 15 is 0 Å². The number of hydrogen-bond donors (Lipinski definition) is 2. The zero-order valence-corrected chi connectivity index (χ0v) is 14.7. The number of nitrogens with zero attached hydrogens (tertiary/aromatic N) is 3. The Kier molecular flexibility index (Phi) is 5.07. The molecule has 0 aliphatic carbocycles. The van der Waals surface area contributed by atoms with E-state index in [1.165, 1.54) is 18.2 Å². The summed E-state index contributed by atoms with van der Waals surface area (Å²) in [5, 5.41) is 12.3. The van der Waals surface area contributed by atoms with Crippen molar-refractivity contribution >= 4 is 28.5 Å². The Morgan fingerprint density at radius 1 is 1.22 bits per heavy atom. The lowest BCUT2D eigenvalue weighted by molar-refractivity contribution is -0.141. The molecule has 10 heteroatoms. The number of nitrogens with one attached hydrogen (secondary N) is 1. The summed E-state index contributed by atoms with van der Waals surface area (Å²) in [6, 6.07) is 7.71. The van der Waals surface area contributed by atoms with Crippen molar-refractivity contribution in [1.29, 1.82) is 0 Å². The van der Waals surface area contributed by atoms with Crippen LogP contribution in [0.15, 0.2) is 41.2 Å². The molecule has 2 aromatic heterocycles. The van der Waals surface area contributed by atoms with E-state index in [4.69, 9.17) is 11.6 Å². The molecule has 1 atom stereocenters. The van der Waals surface area contributed by atoms with Crippen LogP contribution in [-0.2, 0) is 6.18 Å². The van der Waals surface area contributed by atoms with Crippen molar-refractivity contribution in [2.24, 2.45) is 0 Å². The predicted octanol–water partition coefficient (Wildman–Crippen LogP) is 3.25. The Labute approximate surface area is 156 Å². The van der Waals surface area contributed by atoms with Gasteiger partial charge in [0.1, 0.15) is 11.5 Å². The molecule has 0 amide bonds. The molecule has 6 nitrogen and oxygen atoms in total. The maximum Gasteiger partial charge on any atom is 0.433 e. The van der Waals surface area contributed by atoms with E-state index in [9.17, 15) is 23.1 Å². The van der Waals surface area contributed by atoms with E-state index in [-0.39, 0.29) is 34.2 Å². The van der Waals surface area contributed by atoms with Gasteiger partial charge in [-0.15, -0.1) is 0 Å². The lowest BCUT2D eigenvalue weighted by Crippen LogP contribution is -2.28.